The highest BCUT2D eigenvalue weighted by Crippen LogP contribution is 2.35. The SMILES string of the molecule is CCc1cnc(C(C)NCc2cncn2C2CC2)s1. The molecule has 1 saturated carbocycles. The average molecular weight is 276 g/mol. The number of aryl methyl sites for hydroxylation is 1. The molecule has 2 heterocycles. The Balaban J connectivity index is 1.60. The monoisotopic (exact) mass is 276 g/mol. The van der Waals surface area contributed by atoms with E-state index in [0.29, 0.717) is 12.1 Å². The molecule has 1 fully saturated rings. The maximum Gasteiger partial charge on any atom is 0.109 e. The van der Waals surface area contributed by atoms with Crippen molar-refractivity contribution >= 4 is 11.3 Å². The Hall–Kier alpha value is -1.20. The van der Waals surface area contributed by atoms with Gasteiger partial charge in [-0.15, -0.1) is 11.3 Å². The fraction of sp³-hybridized carbons (Fsp3) is 0.571. The summed E-state index contributed by atoms with van der Waals surface area (Å²) in [6.45, 7) is 5.21. The third-order valence-electron chi connectivity index (χ3n) is 3.57. The van der Waals surface area contributed by atoms with Gasteiger partial charge in [0.2, 0.25) is 0 Å². The Morgan fingerprint density at radius 1 is 1.47 bits per heavy atom. The fourth-order valence-electron chi connectivity index (χ4n) is 2.18. The van der Waals surface area contributed by atoms with Gasteiger partial charge < -0.3 is 9.88 Å². The third-order valence-corrected chi connectivity index (χ3v) is 4.89. The van der Waals surface area contributed by atoms with Crippen molar-refractivity contribution in [2.24, 2.45) is 0 Å². The number of nitrogens with zero attached hydrogens (tertiary/aromatic N) is 3. The van der Waals surface area contributed by atoms with Crippen LogP contribution in [-0.4, -0.2) is 14.5 Å². The zero-order valence-electron chi connectivity index (χ0n) is 11.5. The zero-order chi connectivity index (χ0) is 13.2. The molecule has 1 atom stereocenters. The highest BCUT2D eigenvalue weighted by Gasteiger charge is 2.25. The summed E-state index contributed by atoms with van der Waals surface area (Å²) in [6.07, 6.45) is 9.58. The van der Waals surface area contributed by atoms with Gasteiger partial charge in [0.05, 0.1) is 18.1 Å². The molecule has 19 heavy (non-hydrogen) atoms. The van der Waals surface area contributed by atoms with Crippen molar-refractivity contribution < 1.29 is 0 Å². The quantitative estimate of drug-likeness (QED) is 0.881. The van der Waals surface area contributed by atoms with E-state index in [2.05, 4.69) is 33.7 Å². The van der Waals surface area contributed by atoms with Gasteiger partial charge in [-0.05, 0) is 26.2 Å². The van der Waals surface area contributed by atoms with Gasteiger partial charge in [0.15, 0.2) is 0 Å². The van der Waals surface area contributed by atoms with Crippen LogP contribution in [0.4, 0.5) is 0 Å². The molecule has 2 aromatic rings. The van der Waals surface area contributed by atoms with Crippen LogP contribution >= 0.6 is 11.3 Å². The molecule has 0 aliphatic heterocycles. The summed E-state index contributed by atoms with van der Waals surface area (Å²) in [7, 11) is 0. The van der Waals surface area contributed by atoms with Crippen LogP contribution in [0.15, 0.2) is 18.7 Å². The predicted octanol–water partition coefficient (Wildman–Crippen LogP) is 3.09. The number of hydrogen-bond donors (Lipinski definition) is 1. The van der Waals surface area contributed by atoms with Crippen molar-refractivity contribution in [1.82, 2.24) is 19.9 Å². The fourth-order valence-corrected chi connectivity index (χ4v) is 3.07. The molecular weight excluding hydrogens is 256 g/mol. The van der Waals surface area contributed by atoms with E-state index < -0.39 is 0 Å². The maximum absolute atomic E-state index is 4.49. The van der Waals surface area contributed by atoms with E-state index in [0.717, 1.165) is 13.0 Å². The van der Waals surface area contributed by atoms with E-state index in [1.54, 1.807) is 11.3 Å². The molecule has 3 rings (SSSR count). The van der Waals surface area contributed by atoms with Crippen molar-refractivity contribution in [3.8, 4) is 0 Å². The first-order valence-electron chi connectivity index (χ1n) is 6.96. The highest BCUT2D eigenvalue weighted by atomic mass is 32.1. The number of imidazole rings is 1. The van der Waals surface area contributed by atoms with Crippen LogP contribution in [0.25, 0.3) is 0 Å². The Morgan fingerprint density at radius 3 is 3.00 bits per heavy atom. The summed E-state index contributed by atoms with van der Waals surface area (Å²) in [5.41, 5.74) is 1.28. The number of thiazole rings is 1. The zero-order valence-corrected chi connectivity index (χ0v) is 12.3. The normalized spacial score (nSPS) is 16.7. The number of rotatable bonds is 6. The molecule has 0 radical (unpaired) electrons. The van der Waals surface area contributed by atoms with E-state index in [9.17, 15) is 0 Å². The Labute approximate surface area is 117 Å². The molecule has 0 saturated heterocycles. The van der Waals surface area contributed by atoms with Crippen molar-refractivity contribution in [2.45, 2.75) is 51.7 Å². The predicted molar refractivity (Wildman–Crippen MR) is 77.2 cm³/mol. The summed E-state index contributed by atoms with van der Waals surface area (Å²) in [6, 6.07) is 0.994. The van der Waals surface area contributed by atoms with E-state index >= 15 is 0 Å². The van der Waals surface area contributed by atoms with Gasteiger partial charge in [-0.3, -0.25) is 0 Å². The Morgan fingerprint density at radius 2 is 2.32 bits per heavy atom. The second-order valence-electron chi connectivity index (χ2n) is 5.14. The Bertz CT molecular complexity index is 541. The lowest BCUT2D eigenvalue weighted by atomic mass is 10.3. The first-order valence-corrected chi connectivity index (χ1v) is 7.78. The second-order valence-corrected chi connectivity index (χ2v) is 6.29. The minimum atomic E-state index is 0.299. The average Bonchev–Trinajstić information content (AvgIpc) is 2.98. The molecule has 5 heteroatoms. The van der Waals surface area contributed by atoms with Crippen LogP contribution in [-0.2, 0) is 13.0 Å². The van der Waals surface area contributed by atoms with Gasteiger partial charge in [0, 0.05) is 29.9 Å². The summed E-state index contributed by atoms with van der Waals surface area (Å²) in [5, 5.41) is 4.72. The van der Waals surface area contributed by atoms with Crippen LogP contribution in [0.2, 0.25) is 0 Å². The van der Waals surface area contributed by atoms with Gasteiger partial charge in [-0.1, -0.05) is 6.92 Å². The molecule has 0 aromatic carbocycles. The third kappa shape index (κ3) is 2.87. The van der Waals surface area contributed by atoms with E-state index in [4.69, 9.17) is 0 Å². The standard InChI is InChI=1S/C14H20N4S/c1-3-13-8-17-14(19-13)10(2)16-7-12-6-15-9-18(12)11-4-5-11/h6,8-11,16H,3-5,7H2,1-2H3. The summed E-state index contributed by atoms with van der Waals surface area (Å²) < 4.78 is 2.30. The minimum absolute atomic E-state index is 0.299. The molecule has 1 unspecified atom stereocenters. The minimum Gasteiger partial charge on any atom is -0.330 e. The van der Waals surface area contributed by atoms with Crippen LogP contribution in [0, 0.1) is 0 Å². The lowest BCUT2D eigenvalue weighted by Crippen LogP contribution is -2.19. The molecule has 0 bridgehead atoms. The molecule has 1 aliphatic rings. The second kappa shape index (κ2) is 5.43. The molecule has 0 amide bonds. The van der Waals surface area contributed by atoms with Crippen molar-refractivity contribution in [1.29, 1.82) is 0 Å². The Kier molecular flexibility index (Phi) is 3.66. The molecule has 4 nitrogen and oxygen atoms in total. The largest absolute Gasteiger partial charge is 0.330 e. The van der Waals surface area contributed by atoms with Gasteiger partial charge in [0.1, 0.15) is 5.01 Å². The van der Waals surface area contributed by atoms with E-state index in [1.807, 2.05) is 18.7 Å². The van der Waals surface area contributed by atoms with Crippen LogP contribution in [0.5, 0.6) is 0 Å². The first kappa shape index (κ1) is 12.8. The van der Waals surface area contributed by atoms with E-state index in [-0.39, 0.29) is 0 Å². The first-order chi connectivity index (χ1) is 9.28. The van der Waals surface area contributed by atoms with E-state index in [1.165, 1.54) is 28.4 Å². The lowest BCUT2D eigenvalue weighted by Gasteiger charge is -2.12. The smallest absolute Gasteiger partial charge is 0.109 e. The van der Waals surface area contributed by atoms with Gasteiger partial charge in [-0.2, -0.15) is 0 Å². The summed E-state index contributed by atoms with van der Waals surface area (Å²) in [5.74, 6) is 0. The molecule has 0 spiro atoms. The topological polar surface area (TPSA) is 42.7 Å². The van der Waals surface area contributed by atoms with Gasteiger partial charge in [0.25, 0.3) is 0 Å². The molecular formula is C14H20N4S. The van der Waals surface area contributed by atoms with Gasteiger partial charge >= 0.3 is 0 Å². The number of aromatic nitrogens is 3. The van der Waals surface area contributed by atoms with Crippen LogP contribution < -0.4 is 5.32 Å². The lowest BCUT2D eigenvalue weighted by molar-refractivity contribution is 0.545. The molecule has 1 aliphatic carbocycles. The van der Waals surface area contributed by atoms with Crippen molar-refractivity contribution in [2.75, 3.05) is 0 Å². The summed E-state index contributed by atoms with van der Waals surface area (Å²) >= 11 is 1.80. The molecule has 2 aromatic heterocycles. The molecule has 102 valence electrons. The summed E-state index contributed by atoms with van der Waals surface area (Å²) in [4.78, 5) is 10.1. The molecule has 1 N–H and O–H groups in total. The highest BCUT2D eigenvalue weighted by molar-refractivity contribution is 7.11. The number of hydrogen-bond acceptors (Lipinski definition) is 4. The van der Waals surface area contributed by atoms with Gasteiger partial charge in [-0.25, -0.2) is 9.97 Å². The maximum atomic E-state index is 4.49. The van der Waals surface area contributed by atoms with Crippen LogP contribution in [0.1, 0.15) is 54.4 Å². The number of nitrogens with one attached hydrogen (secondary N) is 1. The van der Waals surface area contributed by atoms with Crippen molar-refractivity contribution in [3.63, 3.8) is 0 Å². The van der Waals surface area contributed by atoms with Crippen LogP contribution in [0.3, 0.4) is 0 Å². The van der Waals surface area contributed by atoms with Crippen molar-refractivity contribution in [3.05, 3.63) is 34.3 Å².